The van der Waals surface area contributed by atoms with Crippen LogP contribution in [0, 0.1) is 0 Å². The van der Waals surface area contributed by atoms with Crippen molar-refractivity contribution in [2.24, 2.45) is 0 Å². The third-order valence-electron chi connectivity index (χ3n) is 2.86. The second kappa shape index (κ2) is 7.15. The minimum absolute atomic E-state index is 0.0896. The van der Waals surface area contributed by atoms with Crippen molar-refractivity contribution in [1.29, 1.82) is 0 Å². The first-order valence-electron chi connectivity index (χ1n) is 6.36. The first-order valence-corrected chi connectivity index (χ1v) is 8.89. The molecule has 2 rings (SSSR count). The van der Waals surface area contributed by atoms with E-state index in [1.807, 2.05) is 37.1 Å². The molecule has 1 heterocycles. The van der Waals surface area contributed by atoms with Crippen LogP contribution in [0.3, 0.4) is 0 Å². The van der Waals surface area contributed by atoms with Gasteiger partial charge in [0.2, 0.25) is 0 Å². The van der Waals surface area contributed by atoms with Crippen molar-refractivity contribution in [3.05, 3.63) is 38.3 Å². The van der Waals surface area contributed by atoms with Gasteiger partial charge in [0.05, 0.1) is 13.7 Å². The van der Waals surface area contributed by atoms with Crippen LogP contribution < -0.4 is 19.1 Å². The summed E-state index contributed by atoms with van der Waals surface area (Å²) in [6, 6.07) is 5.80. The van der Waals surface area contributed by atoms with Gasteiger partial charge in [-0.15, -0.1) is 0 Å². The lowest BCUT2D eigenvalue weighted by Gasteiger charge is -2.18. The Morgan fingerprint density at radius 2 is 2.05 bits per heavy atom. The number of nitrogens with zero attached hydrogens (tertiary/aromatic N) is 1. The van der Waals surface area contributed by atoms with E-state index in [-0.39, 0.29) is 4.74 Å². The molecule has 4 nitrogen and oxygen atoms in total. The number of halogens is 1. The predicted octanol–water partition coefficient (Wildman–Crippen LogP) is 3.87. The largest absolute Gasteiger partial charge is 0.493 e. The minimum Gasteiger partial charge on any atom is -0.493 e. The van der Waals surface area contributed by atoms with Crippen LogP contribution in [-0.2, 0) is 6.54 Å². The summed E-state index contributed by atoms with van der Waals surface area (Å²) in [6.45, 7) is 3.14. The zero-order chi connectivity index (χ0) is 15.4. The number of anilines is 1. The van der Waals surface area contributed by atoms with Crippen molar-refractivity contribution in [3.8, 4) is 11.5 Å². The quantitative estimate of drug-likeness (QED) is 0.745. The van der Waals surface area contributed by atoms with E-state index in [9.17, 15) is 4.79 Å². The SMILES string of the molecule is CCOc1cc(CN(C)c2ssc(=O)c2Cl)ccc1OC. The third-order valence-corrected chi connectivity index (χ3v) is 5.72. The number of ether oxygens (including phenoxy) is 2. The average molecular weight is 346 g/mol. The molecule has 0 saturated carbocycles. The summed E-state index contributed by atoms with van der Waals surface area (Å²) in [5.41, 5.74) is 1.06. The first-order chi connectivity index (χ1) is 10.1. The van der Waals surface area contributed by atoms with Gasteiger partial charge in [-0.1, -0.05) is 28.0 Å². The van der Waals surface area contributed by atoms with Gasteiger partial charge in [0.25, 0.3) is 4.74 Å². The van der Waals surface area contributed by atoms with E-state index in [0.29, 0.717) is 23.9 Å². The topological polar surface area (TPSA) is 38.8 Å². The molecule has 0 aliphatic rings. The standard InChI is InChI=1S/C14H16ClNO3S2/c1-4-19-11-7-9(5-6-10(11)18-3)8-16(2)13-12(15)14(17)21-20-13/h5-7H,4,8H2,1-3H3. The number of hydrogen-bond donors (Lipinski definition) is 0. The molecule has 0 bridgehead atoms. The first kappa shape index (κ1) is 16.1. The minimum atomic E-state index is -0.0896. The highest BCUT2D eigenvalue weighted by molar-refractivity contribution is 7.70. The molecule has 0 aliphatic heterocycles. The van der Waals surface area contributed by atoms with Crippen LogP contribution in [0.2, 0.25) is 5.02 Å². The maximum absolute atomic E-state index is 11.5. The fraction of sp³-hybridized carbons (Fsp3) is 0.357. The Morgan fingerprint density at radius 1 is 1.29 bits per heavy atom. The van der Waals surface area contributed by atoms with Crippen LogP contribution in [0.4, 0.5) is 5.00 Å². The van der Waals surface area contributed by atoms with Gasteiger partial charge in [-0.05, 0) is 35.0 Å². The van der Waals surface area contributed by atoms with Crippen LogP contribution in [0.5, 0.6) is 11.5 Å². The highest BCUT2D eigenvalue weighted by atomic mass is 35.5. The maximum Gasteiger partial charge on any atom is 0.263 e. The van der Waals surface area contributed by atoms with Crippen molar-refractivity contribution in [3.63, 3.8) is 0 Å². The molecule has 21 heavy (non-hydrogen) atoms. The van der Waals surface area contributed by atoms with Gasteiger partial charge in [-0.25, -0.2) is 0 Å². The van der Waals surface area contributed by atoms with Gasteiger partial charge >= 0.3 is 0 Å². The van der Waals surface area contributed by atoms with Crippen LogP contribution in [0.15, 0.2) is 23.0 Å². The second-order valence-electron chi connectivity index (χ2n) is 4.35. The van der Waals surface area contributed by atoms with Crippen molar-refractivity contribution >= 4 is 37.3 Å². The van der Waals surface area contributed by atoms with Crippen LogP contribution in [-0.4, -0.2) is 20.8 Å². The fourth-order valence-corrected chi connectivity index (χ4v) is 4.64. The highest BCUT2D eigenvalue weighted by Gasteiger charge is 2.14. The molecule has 0 N–H and O–H groups in total. The molecule has 1 aromatic carbocycles. The molecule has 0 aliphatic carbocycles. The molecule has 0 atom stereocenters. The number of methoxy groups -OCH3 is 1. The van der Waals surface area contributed by atoms with Gasteiger partial charge < -0.3 is 14.4 Å². The Labute approximate surface area is 135 Å². The Bertz CT molecular complexity index is 668. The van der Waals surface area contributed by atoms with E-state index in [4.69, 9.17) is 21.1 Å². The smallest absolute Gasteiger partial charge is 0.263 e. The highest BCUT2D eigenvalue weighted by Crippen LogP contribution is 2.33. The Kier molecular flexibility index (Phi) is 5.50. The lowest BCUT2D eigenvalue weighted by molar-refractivity contribution is 0.310. The van der Waals surface area contributed by atoms with Crippen molar-refractivity contribution < 1.29 is 9.47 Å². The summed E-state index contributed by atoms with van der Waals surface area (Å²) in [4.78, 5) is 13.4. The third kappa shape index (κ3) is 3.70. The Morgan fingerprint density at radius 3 is 2.62 bits per heavy atom. The molecule has 114 valence electrons. The van der Waals surface area contributed by atoms with E-state index < -0.39 is 0 Å². The van der Waals surface area contributed by atoms with Gasteiger partial charge in [0, 0.05) is 13.6 Å². The van der Waals surface area contributed by atoms with E-state index in [0.717, 1.165) is 26.7 Å². The zero-order valence-electron chi connectivity index (χ0n) is 12.0. The normalized spacial score (nSPS) is 10.5. The zero-order valence-corrected chi connectivity index (χ0v) is 14.4. The van der Waals surface area contributed by atoms with Gasteiger partial charge in [0.15, 0.2) is 11.5 Å². The van der Waals surface area contributed by atoms with E-state index in [2.05, 4.69) is 0 Å². The number of hydrogen-bond acceptors (Lipinski definition) is 6. The molecule has 0 fully saturated rings. The summed E-state index contributed by atoms with van der Waals surface area (Å²) < 4.78 is 10.7. The summed E-state index contributed by atoms with van der Waals surface area (Å²) in [6.07, 6.45) is 0. The molecule has 0 radical (unpaired) electrons. The summed E-state index contributed by atoms with van der Waals surface area (Å²) >= 11 is 6.02. The number of rotatable bonds is 6. The monoisotopic (exact) mass is 345 g/mol. The predicted molar refractivity (Wildman–Crippen MR) is 89.7 cm³/mol. The molecule has 0 amide bonds. The van der Waals surface area contributed by atoms with Crippen molar-refractivity contribution in [2.75, 3.05) is 25.7 Å². The van der Waals surface area contributed by atoms with Gasteiger partial charge in [-0.3, -0.25) is 4.79 Å². The average Bonchev–Trinajstić information content (AvgIpc) is 2.80. The Balaban J connectivity index is 2.21. The van der Waals surface area contributed by atoms with Crippen molar-refractivity contribution in [2.45, 2.75) is 13.5 Å². The maximum atomic E-state index is 11.5. The molecule has 0 unspecified atom stereocenters. The fourth-order valence-electron chi connectivity index (χ4n) is 1.90. The molecular formula is C14H16ClNO3S2. The molecule has 1 aromatic heterocycles. The summed E-state index contributed by atoms with van der Waals surface area (Å²) in [5, 5.41) is 1.09. The molecular weight excluding hydrogens is 330 g/mol. The van der Waals surface area contributed by atoms with E-state index in [1.165, 1.54) is 10.3 Å². The van der Waals surface area contributed by atoms with Crippen molar-refractivity contribution in [1.82, 2.24) is 0 Å². The Hall–Kier alpha value is -1.24. The van der Waals surface area contributed by atoms with Crippen LogP contribution >= 0.6 is 32.3 Å². The van der Waals surface area contributed by atoms with Crippen LogP contribution in [0.25, 0.3) is 0 Å². The molecule has 0 spiro atoms. The summed E-state index contributed by atoms with van der Waals surface area (Å²) in [5.74, 6) is 1.43. The molecule has 0 saturated heterocycles. The lowest BCUT2D eigenvalue weighted by Crippen LogP contribution is -2.16. The van der Waals surface area contributed by atoms with E-state index >= 15 is 0 Å². The lowest BCUT2D eigenvalue weighted by atomic mass is 10.2. The molecule has 7 heteroatoms. The van der Waals surface area contributed by atoms with E-state index in [1.54, 1.807) is 7.11 Å². The van der Waals surface area contributed by atoms with Gasteiger partial charge in [-0.2, -0.15) is 0 Å². The summed E-state index contributed by atoms with van der Waals surface area (Å²) in [7, 11) is 6.08. The second-order valence-corrected chi connectivity index (χ2v) is 6.82. The number of benzene rings is 1. The van der Waals surface area contributed by atoms with Gasteiger partial charge in [0.1, 0.15) is 10.0 Å². The van der Waals surface area contributed by atoms with Crippen LogP contribution in [0.1, 0.15) is 12.5 Å². The molecule has 2 aromatic rings.